The first kappa shape index (κ1) is 27.8. The van der Waals surface area contributed by atoms with Crippen LogP contribution < -0.4 is 14.2 Å². The van der Waals surface area contributed by atoms with Crippen molar-refractivity contribution < 1.29 is 31.9 Å². The quantitative estimate of drug-likeness (QED) is 0.320. The van der Waals surface area contributed by atoms with E-state index >= 15 is 0 Å². The van der Waals surface area contributed by atoms with Crippen molar-refractivity contribution in [2.45, 2.75) is 44.4 Å². The second kappa shape index (κ2) is 10.8. The maximum atomic E-state index is 13.1. The number of fused-ring (bicyclic) bond motifs is 1. The number of para-hydroxylation sites is 1. The Kier molecular flexibility index (Phi) is 7.72. The van der Waals surface area contributed by atoms with Crippen molar-refractivity contribution in [2.75, 3.05) is 26.0 Å². The Morgan fingerprint density at radius 2 is 1.82 bits per heavy atom. The summed E-state index contributed by atoms with van der Waals surface area (Å²) in [5.41, 5.74) is 1.36. The standard InChI is InChI=1S/C26H31N5O7S/c1-26(2,3)37-25(32)30(4)14-18-13-27-31(16-18)15-17-11-20(36-6)23-21(12-17)38-28-24(23)29-39(33,34)22-10-8-7-9-19(22)35-5/h7-13,16H,14-15H2,1-6H3,(H,28,29). The van der Waals surface area contributed by atoms with Gasteiger partial charge in [0.2, 0.25) is 0 Å². The second-order valence-corrected chi connectivity index (χ2v) is 11.5. The number of carbonyl (C=O) groups excluding carboxylic acids is 1. The zero-order valence-corrected chi connectivity index (χ0v) is 23.4. The number of rotatable bonds is 9. The van der Waals surface area contributed by atoms with Crippen molar-refractivity contribution in [2.24, 2.45) is 0 Å². The summed E-state index contributed by atoms with van der Waals surface area (Å²) in [5, 5.41) is 8.70. The molecule has 4 aromatic rings. The third kappa shape index (κ3) is 6.42. The molecule has 0 fully saturated rings. The van der Waals surface area contributed by atoms with E-state index in [0.29, 0.717) is 29.8 Å². The first-order valence-corrected chi connectivity index (χ1v) is 13.5. The Bertz CT molecular complexity index is 1590. The summed E-state index contributed by atoms with van der Waals surface area (Å²) in [6, 6.07) is 9.76. The molecule has 0 aliphatic rings. The fourth-order valence-corrected chi connectivity index (χ4v) is 5.05. The highest BCUT2D eigenvalue weighted by atomic mass is 32.2. The van der Waals surface area contributed by atoms with Crippen LogP contribution in [-0.4, -0.2) is 61.2 Å². The Hall–Kier alpha value is -4.26. The number of nitrogens with zero attached hydrogens (tertiary/aromatic N) is 4. The zero-order valence-electron chi connectivity index (χ0n) is 22.6. The smallest absolute Gasteiger partial charge is 0.410 e. The van der Waals surface area contributed by atoms with Gasteiger partial charge in [-0.05, 0) is 50.6 Å². The number of ether oxygens (including phenoxy) is 3. The number of amides is 1. The maximum Gasteiger partial charge on any atom is 0.410 e. The Morgan fingerprint density at radius 3 is 2.51 bits per heavy atom. The number of hydrogen-bond donors (Lipinski definition) is 1. The molecule has 0 aliphatic carbocycles. The molecule has 0 bridgehead atoms. The number of carbonyl (C=O) groups is 1. The summed E-state index contributed by atoms with van der Waals surface area (Å²) >= 11 is 0. The Morgan fingerprint density at radius 1 is 1.10 bits per heavy atom. The summed E-state index contributed by atoms with van der Waals surface area (Å²) < 4.78 is 51.9. The van der Waals surface area contributed by atoms with Crippen LogP contribution in [-0.2, 0) is 27.8 Å². The summed E-state index contributed by atoms with van der Waals surface area (Å²) in [6.07, 6.45) is 3.08. The third-order valence-electron chi connectivity index (χ3n) is 5.56. The lowest BCUT2D eigenvalue weighted by Gasteiger charge is -2.24. The van der Waals surface area contributed by atoms with E-state index in [9.17, 15) is 13.2 Å². The van der Waals surface area contributed by atoms with Crippen LogP contribution in [0.3, 0.4) is 0 Å². The van der Waals surface area contributed by atoms with E-state index in [0.717, 1.165) is 11.1 Å². The minimum atomic E-state index is -4.03. The lowest BCUT2D eigenvalue weighted by molar-refractivity contribution is 0.0285. The van der Waals surface area contributed by atoms with Gasteiger partial charge in [0.15, 0.2) is 11.4 Å². The minimum absolute atomic E-state index is 0.00846. The number of hydrogen-bond acceptors (Lipinski definition) is 9. The molecule has 2 aromatic heterocycles. The molecule has 1 N–H and O–H groups in total. The first-order valence-electron chi connectivity index (χ1n) is 12.0. The molecule has 2 heterocycles. The lowest BCUT2D eigenvalue weighted by atomic mass is 10.1. The van der Waals surface area contributed by atoms with Crippen molar-refractivity contribution in [1.29, 1.82) is 0 Å². The van der Waals surface area contributed by atoms with Crippen molar-refractivity contribution in [3.05, 3.63) is 59.9 Å². The van der Waals surface area contributed by atoms with E-state index in [1.165, 1.54) is 25.2 Å². The van der Waals surface area contributed by atoms with Crippen LogP contribution >= 0.6 is 0 Å². The number of aromatic nitrogens is 3. The highest BCUT2D eigenvalue weighted by Gasteiger charge is 2.24. The number of methoxy groups -OCH3 is 2. The average Bonchev–Trinajstić information content (AvgIpc) is 3.48. The molecule has 0 saturated carbocycles. The Labute approximate surface area is 226 Å². The number of nitrogens with one attached hydrogen (secondary N) is 1. The van der Waals surface area contributed by atoms with Gasteiger partial charge in [0.25, 0.3) is 10.0 Å². The topological polar surface area (TPSA) is 138 Å². The van der Waals surface area contributed by atoms with Gasteiger partial charge in [0.05, 0.1) is 33.5 Å². The molecule has 13 heteroatoms. The molecule has 0 atom stereocenters. The van der Waals surface area contributed by atoms with Gasteiger partial charge in [-0.3, -0.25) is 9.40 Å². The lowest BCUT2D eigenvalue weighted by Crippen LogP contribution is -2.33. The van der Waals surface area contributed by atoms with E-state index in [2.05, 4.69) is 15.0 Å². The molecular weight excluding hydrogens is 526 g/mol. The van der Waals surface area contributed by atoms with Crippen molar-refractivity contribution in [1.82, 2.24) is 19.8 Å². The van der Waals surface area contributed by atoms with Crippen LogP contribution in [0.25, 0.3) is 11.0 Å². The molecule has 12 nitrogen and oxygen atoms in total. The normalized spacial score (nSPS) is 11.8. The molecule has 39 heavy (non-hydrogen) atoms. The molecule has 4 rings (SSSR count). The van der Waals surface area contributed by atoms with Gasteiger partial charge in [0, 0.05) is 18.8 Å². The molecule has 2 aromatic carbocycles. The first-order chi connectivity index (χ1) is 18.4. The van der Waals surface area contributed by atoms with Crippen LogP contribution in [0.5, 0.6) is 11.5 Å². The largest absolute Gasteiger partial charge is 0.496 e. The predicted molar refractivity (Wildman–Crippen MR) is 143 cm³/mol. The van der Waals surface area contributed by atoms with Gasteiger partial charge >= 0.3 is 6.09 Å². The number of sulfonamides is 1. The van der Waals surface area contributed by atoms with Gasteiger partial charge in [-0.2, -0.15) is 5.10 Å². The number of anilines is 1. The van der Waals surface area contributed by atoms with Gasteiger partial charge in [0.1, 0.15) is 27.4 Å². The fourth-order valence-electron chi connectivity index (χ4n) is 3.87. The monoisotopic (exact) mass is 557 g/mol. The van der Waals surface area contributed by atoms with Gasteiger partial charge in [-0.15, -0.1) is 0 Å². The molecule has 0 spiro atoms. The molecule has 0 radical (unpaired) electrons. The highest BCUT2D eigenvalue weighted by molar-refractivity contribution is 7.92. The molecule has 208 valence electrons. The van der Waals surface area contributed by atoms with Gasteiger partial charge < -0.3 is 23.6 Å². The molecule has 1 amide bonds. The van der Waals surface area contributed by atoms with E-state index in [-0.39, 0.29) is 16.5 Å². The average molecular weight is 558 g/mol. The van der Waals surface area contributed by atoms with Crippen LogP contribution in [0.4, 0.5) is 10.6 Å². The fraction of sp³-hybridized carbons (Fsp3) is 0.346. The van der Waals surface area contributed by atoms with E-state index in [1.807, 2.05) is 27.0 Å². The van der Waals surface area contributed by atoms with Gasteiger partial charge in [-0.25, -0.2) is 13.2 Å². The SMILES string of the molecule is COc1ccccc1S(=O)(=O)Nc1noc2cc(Cn3cc(CN(C)C(=O)OC(C)(C)C)cn3)cc(OC)c12. The third-order valence-corrected chi connectivity index (χ3v) is 6.94. The molecule has 0 unspecified atom stereocenters. The number of benzene rings is 2. The van der Waals surface area contributed by atoms with Crippen LogP contribution in [0.2, 0.25) is 0 Å². The predicted octanol–water partition coefficient (Wildman–Crippen LogP) is 4.26. The summed E-state index contributed by atoms with van der Waals surface area (Å²) in [5.74, 6) is 0.562. The van der Waals surface area contributed by atoms with Crippen molar-refractivity contribution in [3.63, 3.8) is 0 Å². The van der Waals surface area contributed by atoms with E-state index in [4.69, 9.17) is 18.7 Å². The zero-order chi connectivity index (χ0) is 28.4. The molecule has 0 saturated heterocycles. The molecular formula is C26H31N5O7S. The highest BCUT2D eigenvalue weighted by Crippen LogP contribution is 2.35. The molecule has 0 aliphatic heterocycles. The summed E-state index contributed by atoms with van der Waals surface area (Å²) in [7, 11) is 0.502. The van der Waals surface area contributed by atoms with Crippen molar-refractivity contribution >= 4 is 32.9 Å². The van der Waals surface area contributed by atoms with Crippen molar-refractivity contribution in [3.8, 4) is 11.5 Å². The van der Waals surface area contributed by atoms with Gasteiger partial charge in [-0.1, -0.05) is 17.3 Å². The summed E-state index contributed by atoms with van der Waals surface area (Å²) in [4.78, 5) is 13.7. The van der Waals surface area contributed by atoms with E-state index in [1.54, 1.807) is 48.3 Å². The van der Waals surface area contributed by atoms with Crippen LogP contribution in [0.1, 0.15) is 31.9 Å². The van der Waals surface area contributed by atoms with E-state index < -0.39 is 21.7 Å². The Balaban J connectivity index is 1.53. The minimum Gasteiger partial charge on any atom is -0.496 e. The van der Waals surface area contributed by atoms with Crippen LogP contribution in [0.15, 0.2) is 58.2 Å². The second-order valence-electron chi connectivity index (χ2n) is 9.84. The maximum absolute atomic E-state index is 13.1. The summed E-state index contributed by atoms with van der Waals surface area (Å²) in [6.45, 7) is 6.14. The van der Waals surface area contributed by atoms with Crippen LogP contribution in [0, 0.1) is 0 Å².